The van der Waals surface area contributed by atoms with Crippen LogP contribution >= 0.6 is 15.9 Å². The average Bonchev–Trinajstić information content (AvgIpc) is 2.69. The molecule has 2 rings (SSSR count). The van der Waals surface area contributed by atoms with Crippen LogP contribution in [0.3, 0.4) is 0 Å². The number of nitrogens with zero attached hydrogens (tertiary/aromatic N) is 4. The maximum Gasteiger partial charge on any atom is 0.156 e. The molecule has 2 aromatic rings. The Morgan fingerprint density at radius 3 is 3.00 bits per heavy atom. The number of anilines is 1. The minimum Gasteiger partial charge on any atom is -0.399 e. The van der Waals surface area contributed by atoms with Crippen molar-refractivity contribution in [1.29, 1.82) is 0 Å². The zero-order valence-corrected chi connectivity index (χ0v) is 9.77. The number of aromatic nitrogens is 4. The first-order valence-corrected chi connectivity index (χ1v) is 5.34. The molecular weight excluding hydrogens is 258 g/mol. The topological polar surface area (TPSA) is 69.6 Å². The summed E-state index contributed by atoms with van der Waals surface area (Å²) in [6.45, 7) is 2.00. The van der Waals surface area contributed by atoms with Gasteiger partial charge in [-0.15, -0.1) is 5.10 Å². The third-order valence-corrected chi connectivity index (χ3v) is 2.72. The Balaban J connectivity index is 2.58. The molecule has 15 heavy (non-hydrogen) atoms. The van der Waals surface area contributed by atoms with Gasteiger partial charge in [0.1, 0.15) is 0 Å². The standard InChI is InChI=1S/C9H10BrN5/c1-2-9-12-13-14-15(9)8-5-6(11)3-4-7(8)10/h3-5H,2,11H2,1H3. The fourth-order valence-corrected chi connectivity index (χ4v) is 1.72. The van der Waals surface area contributed by atoms with E-state index >= 15 is 0 Å². The van der Waals surface area contributed by atoms with Crippen molar-refractivity contribution >= 4 is 21.6 Å². The van der Waals surface area contributed by atoms with Crippen molar-refractivity contribution < 1.29 is 0 Å². The lowest BCUT2D eigenvalue weighted by molar-refractivity contribution is 0.764. The molecule has 6 heteroatoms. The van der Waals surface area contributed by atoms with Crippen LogP contribution in [0.1, 0.15) is 12.7 Å². The van der Waals surface area contributed by atoms with E-state index in [1.54, 1.807) is 4.68 Å². The van der Waals surface area contributed by atoms with Crippen LogP contribution < -0.4 is 5.73 Å². The molecule has 0 amide bonds. The van der Waals surface area contributed by atoms with Crippen molar-refractivity contribution in [2.45, 2.75) is 13.3 Å². The van der Waals surface area contributed by atoms with Gasteiger partial charge < -0.3 is 5.73 Å². The zero-order valence-electron chi connectivity index (χ0n) is 8.18. The molecule has 0 bridgehead atoms. The maximum atomic E-state index is 5.72. The molecule has 0 aliphatic heterocycles. The van der Waals surface area contributed by atoms with Gasteiger partial charge in [-0.25, -0.2) is 0 Å². The Morgan fingerprint density at radius 2 is 2.27 bits per heavy atom. The van der Waals surface area contributed by atoms with Crippen molar-refractivity contribution in [3.8, 4) is 5.69 Å². The van der Waals surface area contributed by atoms with E-state index < -0.39 is 0 Å². The Morgan fingerprint density at radius 1 is 1.47 bits per heavy atom. The van der Waals surface area contributed by atoms with Crippen molar-refractivity contribution in [2.24, 2.45) is 0 Å². The molecular formula is C9H10BrN5. The number of hydrogen-bond acceptors (Lipinski definition) is 4. The van der Waals surface area contributed by atoms with Crippen molar-refractivity contribution in [1.82, 2.24) is 20.2 Å². The smallest absolute Gasteiger partial charge is 0.156 e. The SMILES string of the molecule is CCc1nnnn1-c1cc(N)ccc1Br. The molecule has 0 saturated carbocycles. The second-order valence-corrected chi connectivity index (χ2v) is 3.93. The summed E-state index contributed by atoms with van der Waals surface area (Å²) in [7, 11) is 0. The van der Waals surface area contributed by atoms with Crippen molar-refractivity contribution in [2.75, 3.05) is 5.73 Å². The van der Waals surface area contributed by atoms with E-state index in [-0.39, 0.29) is 0 Å². The summed E-state index contributed by atoms with van der Waals surface area (Å²) >= 11 is 3.44. The number of hydrogen-bond donors (Lipinski definition) is 1. The molecule has 78 valence electrons. The highest BCUT2D eigenvalue weighted by atomic mass is 79.9. The summed E-state index contributed by atoms with van der Waals surface area (Å²) in [5.41, 5.74) is 7.27. The average molecular weight is 268 g/mol. The van der Waals surface area contributed by atoms with Gasteiger partial charge in [-0.3, -0.25) is 0 Å². The normalized spacial score (nSPS) is 10.5. The van der Waals surface area contributed by atoms with Crippen LogP contribution in [0.5, 0.6) is 0 Å². The van der Waals surface area contributed by atoms with E-state index in [4.69, 9.17) is 5.73 Å². The van der Waals surface area contributed by atoms with Gasteiger partial charge in [0.25, 0.3) is 0 Å². The van der Waals surface area contributed by atoms with Crippen molar-refractivity contribution in [3.63, 3.8) is 0 Å². The lowest BCUT2D eigenvalue weighted by Gasteiger charge is -2.06. The molecule has 1 aromatic carbocycles. The van der Waals surface area contributed by atoms with Gasteiger partial charge >= 0.3 is 0 Å². The zero-order chi connectivity index (χ0) is 10.8. The van der Waals surface area contributed by atoms with E-state index in [2.05, 4.69) is 31.5 Å². The molecule has 0 unspecified atom stereocenters. The number of tetrazole rings is 1. The lowest BCUT2D eigenvalue weighted by Crippen LogP contribution is -2.03. The Hall–Kier alpha value is -1.43. The Bertz CT molecular complexity index is 479. The number of halogens is 1. The van der Waals surface area contributed by atoms with Crippen LogP contribution in [-0.4, -0.2) is 20.2 Å². The fraction of sp³-hybridized carbons (Fsp3) is 0.222. The van der Waals surface area contributed by atoms with Crippen LogP contribution in [-0.2, 0) is 6.42 Å². The molecule has 0 aliphatic carbocycles. The van der Waals surface area contributed by atoms with E-state index in [0.717, 1.165) is 22.4 Å². The highest BCUT2D eigenvalue weighted by molar-refractivity contribution is 9.10. The van der Waals surface area contributed by atoms with Gasteiger partial charge in [0.2, 0.25) is 0 Å². The van der Waals surface area contributed by atoms with Gasteiger partial charge in [-0.05, 0) is 44.6 Å². The molecule has 0 aliphatic rings. The lowest BCUT2D eigenvalue weighted by atomic mass is 10.3. The first kappa shape index (κ1) is 10.1. The second kappa shape index (κ2) is 3.98. The van der Waals surface area contributed by atoms with Gasteiger partial charge in [0.05, 0.1) is 5.69 Å². The number of rotatable bonds is 2. The van der Waals surface area contributed by atoms with Crippen LogP contribution in [0.4, 0.5) is 5.69 Å². The molecule has 0 atom stereocenters. The van der Waals surface area contributed by atoms with E-state index in [1.807, 2.05) is 25.1 Å². The molecule has 0 spiro atoms. The molecule has 0 fully saturated rings. The van der Waals surface area contributed by atoms with Gasteiger partial charge in [-0.2, -0.15) is 4.68 Å². The number of benzene rings is 1. The third-order valence-electron chi connectivity index (χ3n) is 2.05. The van der Waals surface area contributed by atoms with E-state index in [0.29, 0.717) is 5.69 Å². The second-order valence-electron chi connectivity index (χ2n) is 3.07. The molecule has 0 radical (unpaired) electrons. The maximum absolute atomic E-state index is 5.72. The monoisotopic (exact) mass is 267 g/mol. The predicted octanol–water partition coefficient (Wildman–Crippen LogP) is 1.57. The van der Waals surface area contributed by atoms with Crippen LogP contribution in [0.15, 0.2) is 22.7 Å². The summed E-state index contributed by atoms with van der Waals surface area (Å²) < 4.78 is 2.60. The summed E-state index contributed by atoms with van der Waals surface area (Å²) in [6.07, 6.45) is 0.772. The van der Waals surface area contributed by atoms with Gasteiger partial charge in [0.15, 0.2) is 5.82 Å². The first-order valence-electron chi connectivity index (χ1n) is 4.55. The van der Waals surface area contributed by atoms with Gasteiger partial charge in [0, 0.05) is 16.6 Å². The van der Waals surface area contributed by atoms with E-state index in [1.165, 1.54) is 0 Å². The predicted molar refractivity (Wildman–Crippen MR) is 60.6 cm³/mol. The number of nitrogens with two attached hydrogens (primary N) is 1. The minimum atomic E-state index is 0.686. The summed E-state index contributed by atoms with van der Waals surface area (Å²) in [4.78, 5) is 0. The van der Waals surface area contributed by atoms with Gasteiger partial charge in [-0.1, -0.05) is 6.92 Å². The molecule has 1 aromatic heterocycles. The fourth-order valence-electron chi connectivity index (χ4n) is 1.31. The molecule has 0 saturated heterocycles. The largest absolute Gasteiger partial charge is 0.399 e. The minimum absolute atomic E-state index is 0.686. The number of nitrogen functional groups attached to an aromatic ring is 1. The summed E-state index contributed by atoms with van der Waals surface area (Å²) in [5, 5.41) is 11.5. The van der Waals surface area contributed by atoms with Crippen LogP contribution in [0.25, 0.3) is 5.69 Å². The molecule has 5 nitrogen and oxygen atoms in total. The summed E-state index contributed by atoms with van der Waals surface area (Å²) in [6, 6.07) is 5.54. The van der Waals surface area contributed by atoms with Crippen LogP contribution in [0, 0.1) is 0 Å². The Kier molecular flexibility index (Phi) is 2.68. The molecule has 2 N–H and O–H groups in total. The third kappa shape index (κ3) is 1.85. The Labute approximate surface area is 95.4 Å². The summed E-state index contributed by atoms with van der Waals surface area (Å²) in [5.74, 6) is 0.807. The van der Waals surface area contributed by atoms with Crippen molar-refractivity contribution in [3.05, 3.63) is 28.5 Å². The van der Waals surface area contributed by atoms with E-state index in [9.17, 15) is 0 Å². The highest BCUT2D eigenvalue weighted by Crippen LogP contribution is 2.23. The number of aryl methyl sites for hydroxylation is 1. The quantitative estimate of drug-likeness (QED) is 0.839. The van der Waals surface area contributed by atoms with Crippen LogP contribution in [0.2, 0.25) is 0 Å². The highest BCUT2D eigenvalue weighted by Gasteiger charge is 2.09. The molecule has 1 heterocycles. The first-order chi connectivity index (χ1) is 7.22.